The molecule has 5 heteroatoms. The number of benzene rings is 2. The number of anilines is 1. The van der Waals surface area contributed by atoms with Crippen LogP contribution in [-0.2, 0) is 16.1 Å². The summed E-state index contributed by atoms with van der Waals surface area (Å²) in [5.74, 6) is 0.570. The van der Waals surface area contributed by atoms with E-state index in [2.05, 4.69) is 10.3 Å². The van der Waals surface area contributed by atoms with Crippen molar-refractivity contribution in [1.82, 2.24) is 4.98 Å². The van der Waals surface area contributed by atoms with Gasteiger partial charge in [0.05, 0.1) is 24.9 Å². The highest BCUT2D eigenvalue weighted by Crippen LogP contribution is 2.21. The Morgan fingerprint density at radius 3 is 2.84 bits per heavy atom. The summed E-state index contributed by atoms with van der Waals surface area (Å²) in [6, 6.07) is 17.0. The fourth-order valence-corrected chi connectivity index (χ4v) is 2.51. The molecule has 1 N–H and O–H groups in total. The number of nitrogens with one attached hydrogen (secondary N) is 1. The minimum Gasteiger partial charge on any atom is -0.497 e. The number of fused-ring (bicyclic) bond motifs is 1. The zero-order chi connectivity index (χ0) is 17.6. The summed E-state index contributed by atoms with van der Waals surface area (Å²) in [6.07, 6.45) is 1.14. The molecule has 0 saturated carbocycles. The Bertz CT molecular complexity index is 874. The minimum atomic E-state index is -0.585. The van der Waals surface area contributed by atoms with E-state index in [1.54, 1.807) is 20.2 Å². The first kappa shape index (κ1) is 16.9. The van der Waals surface area contributed by atoms with Crippen molar-refractivity contribution in [1.29, 1.82) is 0 Å². The Labute approximate surface area is 146 Å². The lowest BCUT2D eigenvalue weighted by atomic mass is 10.1. The summed E-state index contributed by atoms with van der Waals surface area (Å²) < 4.78 is 10.9. The predicted molar refractivity (Wildman–Crippen MR) is 97.6 cm³/mol. The normalized spacial score (nSPS) is 11.9. The van der Waals surface area contributed by atoms with Crippen molar-refractivity contribution < 1.29 is 14.3 Å². The van der Waals surface area contributed by atoms with Crippen molar-refractivity contribution in [3.8, 4) is 5.75 Å². The fourth-order valence-electron chi connectivity index (χ4n) is 2.51. The van der Waals surface area contributed by atoms with Crippen molar-refractivity contribution in [2.75, 3.05) is 12.4 Å². The maximum Gasteiger partial charge on any atom is 0.253 e. The van der Waals surface area contributed by atoms with Crippen LogP contribution in [0, 0.1) is 0 Å². The van der Waals surface area contributed by atoms with Crippen molar-refractivity contribution in [2.24, 2.45) is 0 Å². The molecule has 0 radical (unpaired) electrons. The Morgan fingerprint density at radius 1 is 1.16 bits per heavy atom. The number of hydrogen-bond acceptors (Lipinski definition) is 4. The molecule has 25 heavy (non-hydrogen) atoms. The molecule has 2 aromatic carbocycles. The van der Waals surface area contributed by atoms with Crippen LogP contribution in [0.2, 0.25) is 0 Å². The maximum atomic E-state index is 12.4. The Morgan fingerprint density at radius 2 is 2.00 bits per heavy atom. The Hall–Kier alpha value is -2.92. The first-order valence-corrected chi connectivity index (χ1v) is 8.06. The molecule has 0 fully saturated rings. The quantitative estimate of drug-likeness (QED) is 0.744. The van der Waals surface area contributed by atoms with Crippen LogP contribution in [0.25, 0.3) is 10.9 Å². The monoisotopic (exact) mass is 336 g/mol. The molecular formula is C20H20N2O3. The largest absolute Gasteiger partial charge is 0.497 e. The standard InChI is InChI=1S/C20H20N2O3/c1-14(25-13-15-6-3-7-16(12-15)24-2)20(23)22-19-10-4-9-18-17(19)8-5-11-21-18/h3-12,14H,13H2,1-2H3,(H,22,23). The third kappa shape index (κ3) is 4.14. The summed E-state index contributed by atoms with van der Waals surface area (Å²) in [5.41, 5.74) is 2.52. The zero-order valence-corrected chi connectivity index (χ0v) is 14.2. The summed E-state index contributed by atoms with van der Waals surface area (Å²) in [7, 11) is 1.62. The molecule has 3 rings (SSSR count). The molecule has 5 nitrogen and oxygen atoms in total. The number of carbonyl (C=O) groups excluding carboxylic acids is 1. The van der Waals surface area contributed by atoms with Gasteiger partial charge in [-0.15, -0.1) is 0 Å². The molecule has 0 aliphatic carbocycles. The number of aromatic nitrogens is 1. The van der Waals surface area contributed by atoms with E-state index < -0.39 is 6.10 Å². The highest BCUT2D eigenvalue weighted by Gasteiger charge is 2.15. The highest BCUT2D eigenvalue weighted by atomic mass is 16.5. The van der Waals surface area contributed by atoms with E-state index in [-0.39, 0.29) is 5.91 Å². The van der Waals surface area contributed by atoms with Gasteiger partial charge in [-0.05, 0) is 48.9 Å². The topological polar surface area (TPSA) is 60.5 Å². The minimum absolute atomic E-state index is 0.195. The van der Waals surface area contributed by atoms with Crippen LogP contribution in [0.3, 0.4) is 0 Å². The number of carbonyl (C=O) groups is 1. The second kappa shape index (κ2) is 7.77. The summed E-state index contributed by atoms with van der Waals surface area (Å²) in [6.45, 7) is 2.07. The van der Waals surface area contributed by atoms with Gasteiger partial charge in [0, 0.05) is 11.6 Å². The van der Waals surface area contributed by atoms with Crippen LogP contribution in [0.5, 0.6) is 5.75 Å². The first-order valence-electron chi connectivity index (χ1n) is 8.06. The van der Waals surface area contributed by atoms with Gasteiger partial charge in [-0.2, -0.15) is 0 Å². The van der Waals surface area contributed by atoms with E-state index in [1.165, 1.54) is 0 Å². The summed E-state index contributed by atoms with van der Waals surface area (Å²) >= 11 is 0. The van der Waals surface area contributed by atoms with E-state index in [4.69, 9.17) is 9.47 Å². The molecular weight excluding hydrogens is 316 g/mol. The van der Waals surface area contributed by atoms with Crippen LogP contribution in [0.15, 0.2) is 60.8 Å². The van der Waals surface area contributed by atoms with Crippen molar-refractivity contribution in [3.05, 3.63) is 66.4 Å². The highest BCUT2D eigenvalue weighted by molar-refractivity contribution is 6.02. The average Bonchev–Trinajstić information content (AvgIpc) is 2.66. The number of hydrogen-bond donors (Lipinski definition) is 1. The van der Waals surface area contributed by atoms with Crippen LogP contribution >= 0.6 is 0 Å². The molecule has 1 aromatic heterocycles. The van der Waals surface area contributed by atoms with Gasteiger partial charge in [0.2, 0.25) is 0 Å². The van der Waals surface area contributed by atoms with E-state index in [9.17, 15) is 4.79 Å². The molecule has 1 atom stereocenters. The number of nitrogens with zero attached hydrogens (tertiary/aromatic N) is 1. The number of ether oxygens (including phenoxy) is 2. The molecule has 1 heterocycles. The van der Waals surface area contributed by atoms with Gasteiger partial charge in [-0.25, -0.2) is 0 Å². The van der Waals surface area contributed by atoms with Crippen LogP contribution in [-0.4, -0.2) is 24.1 Å². The van der Waals surface area contributed by atoms with Gasteiger partial charge in [0.25, 0.3) is 5.91 Å². The predicted octanol–water partition coefficient (Wildman–Crippen LogP) is 3.79. The molecule has 3 aromatic rings. The smallest absolute Gasteiger partial charge is 0.253 e. The molecule has 128 valence electrons. The van der Waals surface area contributed by atoms with E-state index >= 15 is 0 Å². The molecule has 1 amide bonds. The van der Waals surface area contributed by atoms with Crippen molar-refractivity contribution >= 4 is 22.5 Å². The third-order valence-corrected chi connectivity index (χ3v) is 3.91. The first-order chi connectivity index (χ1) is 12.2. The second-order valence-electron chi connectivity index (χ2n) is 5.67. The van der Waals surface area contributed by atoms with Crippen LogP contribution < -0.4 is 10.1 Å². The van der Waals surface area contributed by atoms with Gasteiger partial charge in [-0.3, -0.25) is 9.78 Å². The third-order valence-electron chi connectivity index (χ3n) is 3.91. The van der Waals surface area contributed by atoms with E-state index in [1.807, 2.05) is 54.6 Å². The molecule has 0 bridgehead atoms. The van der Waals surface area contributed by atoms with Gasteiger partial charge >= 0.3 is 0 Å². The molecule has 0 saturated heterocycles. The average molecular weight is 336 g/mol. The second-order valence-corrected chi connectivity index (χ2v) is 5.67. The number of amides is 1. The van der Waals surface area contributed by atoms with Gasteiger partial charge < -0.3 is 14.8 Å². The Kier molecular flexibility index (Phi) is 5.26. The fraction of sp³-hybridized carbons (Fsp3) is 0.200. The van der Waals surface area contributed by atoms with Gasteiger partial charge in [0.1, 0.15) is 11.9 Å². The zero-order valence-electron chi connectivity index (χ0n) is 14.2. The van der Waals surface area contributed by atoms with Gasteiger partial charge in [-0.1, -0.05) is 18.2 Å². The van der Waals surface area contributed by atoms with Crippen LogP contribution in [0.4, 0.5) is 5.69 Å². The van der Waals surface area contributed by atoms with Crippen molar-refractivity contribution in [3.63, 3.8) is 0 Å². The lowest BCUT2D eigenvalue weighted by Gasteiger charge is -2.15. The summed E-state index contributed by atoms with van der Waals surface area (Å²) in [5, 5.41) is 3.82. The Balaban J connectivity index is 1.64. The van der Waals surface area contributed by atoms with Crippen LogP contribution in [0.1, 0.15) is 12.5 Å². The summed E-state index contributed by atoms with van der Waals surface area (Å²) in [4.78, 5) is 16.7. The van der Waals surface area contributed by atoms with Crippen molar-refractivity contribution in [2.45, 2.75) is 19.6 Å². The number of methoxy groups -OCH3 is 1. The van der Waals surface area contributed by atoms with Gasteiger partial charge in [0.15, 0.2) is 0 Å². The number of pyridine rings is 1. The lowest BCUT2D eigenvalue weighted by molar-refractivity contribution is -0.127. The molecule has 0 aliphatic heterocycles. The van der Waals surface area contributed by atoms with E-state index in [0.29, 0.717) is 6.61 Å². The maximum absolute atomic E-state index is 12.4. The molecule has 0 aliphatic rings. The molecule has 1 unspecified atom stereocenters. The number of rotatable bonds is 6. The molecule has 0 spiro atoms. The van der Waals surface area contributed by atoms with E-state index in [0.717, 1.165) is 27.9 Å². The SMILES string of the molecule is COc1cccc(COC(C)C(=O)Nc2cccc3ncccc23)c1. The lowest BCUT2D eigenvalue weighted by Crippen LogP contribution is -2.27.